The molecule has 1 aromatic carbocycles. The highest BCUT2D eigenvalue weighted by Gasteiger charge is 2.19. The van der Waals surface area contributed by atoms with Crippen LogP contribution in [0.15, 0.2) is 16.9 Å². The molecule has 0 spiro atoms. The van der Waals surface area contributed by atoms with Gasteiger partial charge in [0, 0.05) is 4.47 Å². The molecule has 0 radical (unpaired) electrons. The van der Waals surface area contributed by atoms with E-state index in [1.807, 2.05) is 0 Å². The summed E-state index contributed by atoms with van der Waals surface area (Å²) in [5, 5.41) is 0. The molecule has 78 valence electrons. The molecule has 0 bridgehead atoms. The molecular formula is C9H6BrFN2O2. The Kier molecular flexibility index (Phi) is 2.44. The Bertz CT molecular complexity index is 538. The van der Waals surface area contributed by atoms with Crippen LogP contribution in [0.3, 0.4) is 0 Å². The summed E-state index contributed by atoms with van der Waals surface area (Å²) in [7, 11) is 1.20. The van der Waals surface area contributed by atoms with E-state index in [-0.39, 0.29) is 5.56 Å². The van der Waals surface area contributed by atoms with E-state index in [1.54, 1.807) is 0 Å². The fourth-order valence-electron chi connectivity index (χ4n) is 1.34. The monoisotopic (exact) mass is 272 g/mol. The maximum absolute atomic E-state index is 13.5. The number of methoxy groups -OCH3 is 1. The van der Waals surface area contributed by atoms with Crippen LogP contribution in [0.5, 0.6) is 0 Å². The first kappa shape index (κ1) is 10.1. The van der Waals surface area contributed by atoms with Gasteiger partial charge in [-0.2, -0.15) is 0 Å². The maximum atomic E-state index is 13.5. The van der Waals surface area contributed by atoms with Crippen molar-refractivity contribution in [2.75, 3.05) is 7.11 Å². The molecule has 6 heteroatoms. The number of aromatic amines is 1. The number of benzene rings is 1. The lowest BCUT2D eigenvalue weighted by Crippen LogP contribution is -2.05. The fraction of sp³-hybridized carbons (Fsp3) is 0.111. The highest BCUT2D eigenvalue weighted by molar-refractivity contribution is 9.10. The molecule has 0 aliphatic carbocycles. The van der Waals surface area contributed by atoms with Gasteiger partial charge in [0.25, 0.3) is 0 Å². The summed E-state index contributed by atoms with van der Waals surface area (Å²) in [6.07, 6.45) is 1.39. The van der Waals surface area contributed by atoms with E-state index < -0.39 is 11.8 Å². The number of hydrogen-bond acceptors (Lipinski definition) is 3. The number of rotatable bonds is 1. The molecule has 1 N–H and O–H groups in total. The predicted molar refractivity (Wildman–Crippen MR) is 55.1 cm³/mol. The zero-order valence-corrected chi connectivity index (χ0v) is 9.26. The number of carbonyl (C=O) groups excluding carboxylic acids is 1. The normalized spacial score (nSPS) is 10.6. The van der Waals surface area contributed by atoms with Crippen molar-refractivity contribution >= 4 is 32.9 Å². The molecule has 0 fully saturated rings. The third-order valence-corrected chi connectivity index (χ3v) is 2.60. The Labute approximate surface area is 92.6 Å². The van der Waals surface area contributed by atoms with Gasteiger partial charge in [-0.05, 0) is 22.0 Å². The van der Waals surface area contributed by atoms with E-state index in [0.29, 0.717) is 15.5 Å². The number of nitrogens with one attached hydrogen (secondary N) is 1. The summed E-state index contributed by atoms with van der Waals surface area (Å²) < 4.78 is 18.5. The average Bonchev–Trinajstić information content (AvgIpc) is 2.66. The first-order chi connectivity index (χ1) is 7.15. The van der Waals surface area contributed by atoms with Gasteiger partial charge in [0.05, 0.1) is 19.0 Å². The number of hydrogen-bond donors (Lipinski definition) is 1. The largest absolute Gasteiger partial charge is 0.465 e. The first-order valence-electron chi connectivity index (χ1n) is 4.04. The molecule has 1 heterocycles. The van der Waals surface area contributed by atoms with Crippen LogP contribution in [-0.2, 0) is 4.74 Å². The van der Waals surface area contributed by atoms with Gasteiger partial charge in [-0.3, -0.25) is 0 Å². The third kappa shape index (κ3) is 1.50. The van der Waals surface area contributed by atoms with Crippen LogP contribution >= 0.6 is 15.9 Å². The third-order valence-electron chi connectivity index (χ3n) is 2.00. The van der Waals surface area contributed by atoms with Crippen molar-refractivity contribution in [3.05, 3.63) is 28.2 Å². The average molecular weight is 273 g/mol. The van der Waals surface area contributed by atoms with Crippen LogP contribution in [0, 0.1) is 5.82 Å². The molecule has 1 aromatic heterocycles. The number of imidazole rings is 1. The highest BCUT2D eigenvalue weighted by atomic mass is 79.9. The van der Waals surface area contributed by atoms with Crippen LogP contribution in [0.1, 0.15) is 10.4 Å². The zero-order chi connectivity index (χ0) is 11.0. The van der Waals surface area contributed by atoms with Crippen molar-refractivity contribution in [1.82, 2.24) is 9.97 Å². The van der Waals surface area contributed by atoms with Crippen molar-refractivity contribution in [2.45, 2.75) is 0 Å². The fourth-order valence-corrected chi connectivity index (χ4v) is 1.84. The van der Waals surface area contributed by atoms with Crippen LogP contribution in [0.2, 0.25) is 0 Å². The number of esters is 1. The molecule has 0 saturated carbocycles. The Balaban J connectivity index is 2.82. The number of ether oxygens (including phenoxy) is 1. The molecular weight excluding hydrogens is 267 g/mol. The molecule has 0 aliphatic heterocycles. The molecule has 0 aliphatic rings. The summed E-state index contributed by atoms with van der Waals surface area (Å²) in [6.45, 7) is 0. The summed E-state index contributed by atoms with van der Waals surface area (Å²) in [4.78, 5) is 18.0. The molecule has 0 amide bonds. The van der Waals surface area contributed by atoms with Crippen LogP contribution in [0.4, 0.5) is 4.39 Å². The Morgan fingerprint density at radius 2 is 2.40 bits per heavy atom. The molecule has 2 rings (SSSR count). The SMILES string of the molecule is COC(=O)c1c(F)cc(Br)c2nc[nH]c12. The van der Waals surface area contributed by atoms with Gasteiger partial charge in [-0.1, -0.05) is 0 Å². The Hall–Kier alpha value is -1.43. The van der Waals surface area contributed by atoms with Gasteiger partial charge < -0.3 is 9.72 Å². The predicted octanol–water partition coefficient (Wildman–Crippen LogP) is 2.25. The second kappa shape index (κ2) is 3.62. The molecule has 0 atom stereocenters. The van der Waals surface area contributed by atoms with E-state index in [2.05, 4.69) is 30.6 Å². The second-order valence-corrected chi connectivity index (χ2v) is 3.69. The number of aromatic nitrogens is 2. The zero-order valence-electron chi connectivity index (χ0n) is 7.67. The van der Waals surface area contributed by atoms with Gasteiger partial charge in [0.1, 0.15) is 16.9 Å². The number of carbonyl (C=O) groups is 1. The smallest absolute Gasteiger partial charge is 0.343 e. The quantitative estimate of drug-likeness (QED) is 0.811. The minimum absolute atomic E-state index is 0.131. The van der Waals surface area contributed by atoms with Gasteiger partial charge >= 0.3 is 5.97 Å². The van der Waals surface area contributed by atoms with Crippen molar-refractivity contribution < 1.29 is 13.9 Å². The molecule has 2 aromatic rings. The van der Waals surface area contributed by atoms with Crippen LogP contribution in [0.25, 0.3) is 11.0 Å². The molecule has 15 heavy (non-hydrogen) atoms. The number of H-pyrrole nitrogens is 1. The van der Waals surface area contributed by atoms with Crippen LogP contribution in [-0.4, -0.2) is 23.0 Å². The van der Waals surface area contributed by atoms with Gasteiger partial charge in [-0.15, -0.1) is 0 Å². The lowest BCUT2D eigenvalue weighted by molar-refractivity contribution is 0.0597. The summed E-state index contributed by atoms with van der Waals surface area (Å²) in [6, 6.07) is 1.19. The van der Waals surface area contributed by atoms with E-state index in [0.717, 1.165) is 0 Å². The van der Waals surface area contributed by atoms with E-state index in [9.17, 15) is 9.18 Å². The topological polar surface area (TPSA) is 55.0 Å². The van der Waals surface area contributed by atoms with E-state index in [4.69, 9.17) is 0 Å². The van der Waals surface area contributed by atoms with Gasteiger partial charge in [0.15, 0.2) is 0 Å². The second-order valence-electron chi connectivity index (χ2n) is 2.83. The molecule has 0 unspecified atom stereocenters. The maximum Gasteiger partial charge on any atom is 0.343 e. The lowest BCUT2D eigenvalue weighted by atomic mass is 10.1. The van der Waals surface area contributed by atoms with Crippen molar-refractivity contribution in [1.29, 1.82) is 0 Å². The van der Waals surface area contributed by atoms with E-state index in [1.165, 1.54) is 19.5 Å². The van der Waals surface area contributed by atoms with E-state index >= 15 is 0 Å². The molecule has 4 nitrogen and oxygen atoms in total. The van der Waals surface area contributed by atoms with Gasteiger partial charge in [0.2, 0.25) is 0 Å². The standard InChI is InChI=1S/C9H6BrFN2O2/c1-15-9(14)6-5(11)2-4(10)7-8(6)13-3-12-7/h2-3H,1H3,(H,12,13). The molecule has 0 saturated heterocycles. The number of fused-ring (bicyclic) bond motifs is 1. The van der Waals surface area contributed by atoms with Gasteiger partial charge in [-0.25, -0.2) is 14.2 Å². The first-order valence-corrected chi connectivity index (χ1v) is 4.84. The minimum Gasteiger partial charge on any atom is -0.465 e. The Morgan fingerprint density at radius 3 is 3.07 bits per heavy atom. The van der Waals surface area contributed by atoms with Crippen molar-refractivity contribution in [3.63, 3.8) is 0 Å². The van der Waals surface area contributed by atoms with Crippen molar-refractivity contribution in [2.24, 2.45) is 0 Å². The minimum atomic E-state index is -0.728. The Morgan fingerprint density at radius 1 is 1.67 bits per heavy atom. The summed E-state index contributed by atoms with van der Waals surface area (Å²) in [5.41, 5.74) is 0.693. The van der Waals surface area contributed by atoms with Crippen molar-refractivity contribution in [3.8, 4) is 0 Å². The summed E-state index contributed by atoms with van der Waals surface area (Å²) in [5.74, 6) is -1.38. The highest BCUT2D eigenvalue weighted by Crippen LogP contribution is 2.27. The lowest BCUT2D eigenvalue weighted by Gasteiger charge is -2.03. The number of nitrogens with zero attached hydrogens (tertiary/aromatic N) is 1. The van der Waals surface area contributed by atoms with Crippen LogP contribution < -0.4 is 0 Å². The number of halogens is 2. The summed E-state index contributed by atoms with van der Waals surface area (Å²) >= 11 is 3.16.